The SMILES string of the molecule is COc1ccccc1C(O)Cc1ccsc1. The number of methoxy groups -OCH3 is 1. The van der Waals surface area contributed by atoms with E-state index < -0.39 is 6.10 Å². The number of rotatable bonds is 4. The van der Waals surface area contributed by atoms with Crippen molar-refractivity contribution in [1.29, 1.82) is 0 Å². The molecule has 0 aliphatic heterocycles. The Bertz CT molecular complexity index is 437. The number of thiophene rings is 1. The Kier molecular flexibility index (Phi) is 3.59. The Hall–Kier alpha value is -1.32. The van der Waals surface area contributed by atoms with Gasteiger partial charge in [0.2, 0.25) is 0 Å². The van der Waals surface area contributed by atoms with Crippen LogP contribution in [0.5, 0.6) is 5.75 Å². The minimum atomic E-state index is -0.509. The second-order valence-electron chi connectivity index (χ2n) is 3.59. The summed E-state index contributed by atoms with van der Waals surface area (Å²) in [6.07, 6.45) is 0.120. The van der Waals surface area contributed by atoms with Crippen molar-refractivity contribution >= 4 is 11.3 Å². The van der Waals surface area contributed by atoms with Gasteiger partial charge in [-0.25, -0.2) is 0 Å². The highest BCUT2D eigenvalue weighted by atomic mass is 32.1. The summed E-state index contributed by atoms with van der Waals surface area (Å²) in [6, 6.07) is 9.61. The number of aliphatic hydroxyl groups excluding tert-OH is 1. The highest BCUT2D eigenvalue weighted by molar-refractivity contribution is 7.07. The molecule has 1 N–H and O–H groups in total. The zero-order valence-electron chi connectivity index (χ0n) is 9.09. The molecule has 84 valence electrons. The molecule has 0 aliphatic rings. The lowest BCUT2D eigenvalue weighted by Gasteiger charge is -2.13. The van der Waals surface area contributed by atoms with E-state index in [1.807, 2.05) is 35.7 Å². The molecule has 1 heterocycles. The van der Waals surface area contributed by atoms with E-state index in [0.29, 0.717) is 6.42 Å². The van der Waals surface area contributed by atoms with Crippen molar-refractivity contribution in [2.45, 2.75) is 12.5 Å². The lowest BCUT2D eigenvalue weighted by Crippen LogP contribution is -2.03. The maximum atomic E-state index is 10.1. The molecular weight excluding hydrogens is 220 g/mol. The van der Waals surface area contributed by atoms with Crippen molar-refractivity contribution in [3.05, 3.63) is 52.2 Å². The van der Waals surface area contributed by atoms with E-state index in [-0.39, 0.29) is 0 Å². The van der Waals surface area contributed by atoms with Crippen molar-refractivity contribution in [2.24, 2.45) is 0 Å². The van der Waals surface area contributed by atoms with Crippen molar-refractivity contribution in [3.63, 3.8) is 0 Å². The first-order valence-electron chi connectivity index (χ1n) is 5.13. The second-order valence-corrected chi connectivity index (χ2v) is 4.37. The Morgan fingerprint density at radius 3 is 2.81 bits per heavy atom. The highest BCUT2D eigenvalue weighted by Gasteiger charge is 2.13. The molecule has 1 atom stereocenters. The normalized spacial score (nSPS) is 12.4. The Labute approximate surface area is 99.1 Å². The first-order valence-corrected chi connectivity index (χ1v) is 6.07. The van der Waals surface area contributed by atoms with Crippen LogP contribution in [0.2, 0.25) is 0 Å². The lowest BCUT2D eigenvalue weighted by molar-refractivity contribution is 0.174. The average Bonchev–Trinajstić information content (AvgIpc) is 2.81. The number of hydrogen-bond acceptors (Lipinski definition) is 3. The molecule has 2 rings (SSSR count). The van der Waals surface area contributed by atoms with Gasteiger partial charge in [-0.1, -0.05) is 18.2 Å². The zero-order chi connectivity index (χ0) is 11.4. The predicted molar refractivity (Wildman–Crippen MR) is 66.0 cm³/mol. The topological polar surface area (TPSA) is 29.5 Å². The van der Waals surface area contributed by atoms with Gasteiger partial charge in [-0.05, 0) is 28.5 Å². The maximum absolute atomic E-state index is 10.1. The van der Waals surface area contributed by atoms with Gasteiger partial charge in [0.15, 0.2) is 0 Å². The molecule has 2 nitrogen and oxygen atoms in total. The third-order valence-electron chi connectivity index (χ3n) is 2.51. The zero-order valence-corrected chi connectivity index (χ0v) is 9.91. The number of ether oxygens (including phenoxy) is 1. The van der Waals surface area contributed by atoms with E-state index in [1.54, 1.807) is 18.4 Å². The fourth-order valence-corrected chi connectivity index (χ4v) is 2.37. The van der Waals surface area contributed by atoms with Crippen LogP contribution in [-0.4, -0.2) is 12.2 Å². The fraction of sp³-hybridized carbons (Fsp3) is 0.231. The molecule has 0 saturated heterocycles. The molecule has 0 amide bonds. The molecule has 0 radical (unpaired) electrons. The number of benzene rings is 1. The van der Waals surface area contributed by atoms with Crippen LogP contribution in [0, 0.1) is 0 Å². The molecule has 0 bridgehead atoms. The molecule has 1 aromatic heterocycles. The van der Waals surface area contributed by atoms with E-state index in [0.717, 1.165) is 16.9 Å². The van der Waals surface area contributed by atoms with Crippen molar-refractivity contribution < 1.29 is 9.84 Å². The van der Waals surface area contributed by atoms with Gasteiger partial charge >= 0.3 is 0 Å². The van der Waals surface area contributed by atoms with Crippen LogP contribution < -0.4 is 4.74 Å². The molecule has 1 aromatic carbocycles. The third kappa shape index (κ3) is 2.43. The van der Waals surface area contributed by atoms with E-state index >= 15 is 0 Å². The van der Waals surface area contributed by atoms with Crippen LogP contribution in [0.4, 0.5) is 0 Å². The maximum Gasteiger partial charge on any atom is 0.124 e. The molecule has 0 fully saturated rings. The summed E-state index contributed by atoms with van der Waals surface area (Å²) in [5.74, 6) is 0.741. The van der Waals surface area contributed by atoms with Crippen LogP contribution in [0.3, 0.4) is 0 Å². The summed E-state index contributed by atoms with van der Waals surface area (Å²) >= 11 is 1.64. The first-order chi connectivity index (χ1) is 7.81. The number of hydrogen-bond donors (Lipinski definition) is 1. The van der Waals surface area contributed by atoms with Gasteiger partial charge in [0, 0.05) is 12.0 Å². The average molecular weight is 234 g/mol. The quantitative estimate of drug-likeness (QED) is 0.881. The Morgan fingerprint density at radius 2 is 2.12 bits per heavy atom. The predicted octanol–water partition coefficient (Wildman–Crippen LogP) is 3.03. The van der Waals surface area contributed by atoms with Crippen LogP contribution in [0.15, 0.2) is 41.1 Å². The van der Waals surface area contributed by atoms with Crippen LogP contribution in [0.1, 0.15) is 17.2 Å². The van der Waals surface area contributed by atoms with Gasteiger partial charge in [-0.3, -0.25) is 0 Å². The highest BCUT2D eigenvalue weighted by Crippen LogP contribution is 2.27. The Morgan fingerprint density at radius 1 is 1.31 bits per heavy atom. The monoisotopic (exact) mass is 234 g/mol. The van der Waals surface area contributed by atoms with Crippen LogP contribution in [-0.2, 0) is 6.42 Å². The van der Waals surface area contributed by atoms with Gasteiger partial charge in [0.05, 0.1) is 13.2 Å². The first kappa shape index (κ1) is 11.2. The van der Waals surface area contributed by atoms with Gasteiger partial charge < -0.3 is 9.84 Å². The number of aliphatic hydroxyl groups is 1. The molecule has 1 unspecified atom stereocenters. The molecule has 16 heavy (non-hydrogen) atoms. The Balaban J connectivity index is 2.17. The third-order valence-corrected chi connectivity index (χ3v) is 3.24. The standard InChI is InChI=1S/C13H14O2S/c1-15-13-5-3-2-4-11(13)12(14)8-10-6-7-16-9-10/h2-7,9,12,14H,8H2,1H3. The van der Waals surface area contributed by atoms with Crippen LogP contribution >= 0.6 is 11.3 Å². The summed E-state index contributed by atoms with van der Waals surface area (Å²) < 4.78 is 5.23. The molecular formula is C13H14O2S. The minimum absolute atomic E-state index is 0.509. The summed E-state index contributed by atoms with van der Waals surface area (Å²) in [6.45, 7) is 0. The summed E-state index contributed by atoms with van der Waals surface area (Å²) in [4.78, 5) is 0. The molecule has 3 heteroatoms. The second kappa shape index (κ2) is 5.14. The summed E-state index contributed by atoms with van der Waals surface area (Å²) in [7, 11) is 1.62. The van der Waals surface area contributed by atoms with Crippen molar-refractivity contribution in [3.8, 4) is 5.75 Å². The molecule has 0 aliphatic carbocycles. The largest absolute Gasteiger partial charge is 0.496 e. The molecule has 0 saturated carbocycles. The van der Waals surface area contributed by atoms with Gasteiger partial charge in [-0.15, -0.1) is 0 Å². The molecule has 0 spiro atoms. The van der Waals surface area contributed by atoms with E-state index in [9.17, 15) is 5.11 Å². The fourth-order valence-electron chi connectivity index (χ4n) is 1.68. The minimum Gasteiger partial charge on any atom is -0.496 e. The summed E-state index contributed by atoms with van der Waals surface area (Å²) in [5, 5.41) is 14.2. The van der Waals surface area contributed by atoms with E-state index in [4.69, 9.17) is 4.74 Å². The van der Waals surface area contributed by atoms with Gasteiger partial charge in [-0.2, -0.15) is 11.3 Å². The van der Waals surface area contributed by atoms with Crippen LogP contribution in [0.25, 0.3) is 0 Å². The lowest BCUT2D eigenvalue weighted by atomic mass is 10.0. The van der Waals surface area contributed by atoms with Crippen molar-refractivity contribution in [2.75, 3.05) is 7.11 Å². The van der Waals surface area contributed by atoms with Gasteiger partial charge in [0.25, 0.3) is 0 Å². The van der Waals surface area contributed by atoms with E-state index in [1.165, 1.54) is 0 Å². The summed E-state index contributed by atoms with van der Waals surface area (Å²) in [5.41, 5.74) is 2.00. The number of para-hydroxylation sites is 1. The van der Waals surface area contributed by atoms with E-state index in [2.05, 4.69) is 5.38 Å². The van der Waals surface area contributed by atoms with Gasteiger partial charge in [0.1, 0.15) is 5.75 Å². The van der Waals surface area contributed by atoms with Crippen molar-refractivity contribution in [1.82, 2.24) is 0 Å². The molecule has 2 aromatic rings. The smallest absolute Gasteiger partial charge is 0.124 e.